The summed E-state index contributed by atoms with van der Waals surface area (Å²) in [4.78, 5) is 16.8. The molecule has 0 radical (unpaired) electrons. The van der Waals surface area contributed by atoms with Crippen LogP contribution in [0, 0.1) is 11.7 Å². The van der Waals surface area contributed by atoms with Crippen LogP contribution in [0.4, 0.5) is 0 Å². The number of amides is 1. The van der Waals surface area contributed by atoms with Gasteiger partial charge < -0.3 is 10.1 Å². The third kappa shape index (κ3) is 4.97. The number of aromatic nitrogens is 4. The Morgan fingerprint density at radius 2 is 1.97 bits per heavy atom. The Balaban J connectivity index is 1.29. The molecule has 1 amide bonds. The van der Waals surface area contributed by atoms with Crippen molar-refractivity contribution in [2.75, 3.05) is 13.2 Å². The molecule has 2 heterocycles. The van der Waals surface area contributed by atoms with Crippen molar-refractivity contribution in [3.8, 4) is 17.1 Å². The summed E-state index contributed by atoms with van der Waals surface area (Å²) in [6, 6.07) is 17.7. The number of nitrogens with zero attached hydrogens (tertiary/aromatic N) is 3. The molecule has 0 aliphatic heterocycles. The van der Waals surface area contributed by atoms with Crippen molar-refractivity contribution in [1.29, 1.82) is 0 Å². The predicted octanol–water partition coefficient (Wildman–Crippen LogP) is 4.05. The summed E-state index contributed by atoms with van der Waals surface area (Å²) in [6.45, 7) is 3.11. The minimum Gasteiger partial charge on any atom is -0.491 e. The Morgan fingerprint density at radius 3 is 2.81 bits per heavy atom. The lowest BCUT2D eigenvalue weighted by Gasteiger charge is -2.10. The molecular weight excluding hydrogens is 410 g/mol. The van der Waals surface area contributed by atoms with E-state index in [4.69, 9.17) is 17.0 Å². The maximum absolute atomic E-state index is 12.4. The molecule has 4 aromatic rings. The minimum atomic E-state index is -0.127. The molecule has 158 valence electrons. The molecular formula is C23H23N5O2S. The molecule has 8 heteroatoms. The summed E-state index contributed by atoms with van der Waals surface area (Å²) < 4.78 is 7.98. The number of fused-ring (bicyclic) bond motifs is 1. The molecule has 2 aromatic carbocycles. The molecule has 0 aliphatic carbocycles. The number of carbonyl (C=O) groups is 1. The van der Waals surface area contributed by atoms with E-state index in [1.807, 2.05) is 61.5 Å². The van der Waals surface area contributed by atoms with Gasteiger partial charge in [-0.25, -0.2) is 0 Å². The molecule has 4 rings (SSSR count). The number of hydrogen-bond acceptors (Lipinski definition) is 5. The predicted molar refractivity (Wildman–Crippen MR) is 122 cm³/mol. The average Bonchev–Trinajstić information content (AvgIpc) is 3.14. The van der Waals surface area contributed by atoms with Gasteiger partial charge in [0.1, 0.15) is 17.8 Å². The van der Waals surface area contributed by atoms with Gasteiger partial charge in [0.15, 0.2) is 10.6 Å². The number of pyridine rings is 1. The number of hydrogen-bond donors (Lipinski definition) is 2. The lowest BCUT2D eigenvalue weighted by Crippen LogP contribution is -2.29. The highest BCUT2D eigenvalue weighted by atomic mass is 32.1. The van der Waals surface area contributed by atoms with Crippen molar-refractivity contribution >= 4 is 29.0 Å². The van der Waals surface area contributed by atoms with Gasteiger partial charge in [0.25, 0.3) is 0 Å². The Labute approximate surface area is 185 Å². The molecule has 0 fully saturated rings. The van der Waals surface area contributed by atoms with Crippen LogP contribution in [-0.4, -0.2) is 38.8 Å². The number of aryl methyl sites for hydroxylation is 1. The van der Waals surface area contributed by atoms with E-state index in [0.717, 1.165) is 27.8 Å². The zero-order valence-electron chi connectivity index (χ0n) is 17.2. The molecule has 2 aromatic heterocycles. The van der Waals surface area contributed by atoms with E-state index in [2.05, 4.69) is 20.5 Å². The van der Waals surface area contributed by atoms with Gasteiger partial charge in [-0.05, 0) is 37.7 Å². The number of para-hydroxylation sites is 1. The van der Waals surface area contributed by atoms with E-state index in [1.165, 1.54) is 0 Å². The first kappa shape index (κ1) is 20.7. The highest BCUT2D eigenvalue weighted by Gasteiger charge is 2.12. The molecule has 0 atom stereocenters. The summed E-state index contributed by atoms with van der Waals surface area (Å²) in [5.74, 6) is 1.27. The van der Waals surface area contributed by atoms with Crippen molar-refractivity contribution < 1.29 is 9.53 Å². The average molecular weight is 434 g/mol. The zero-order chi connectivity index (χ0) is 21.6. The van der Waals surface area contributed by atoms with Gasteiger partial charge in [-0.3, -0.25) is 19.4 Å². The maximum Gasteiger partial charge on any atom is 0.240 e. The first-order valence-corrected chi connectivity index (χ1v) is 10.5. The number of carbonyl (C=O) groups excluding carboxylic acids is 1. The van der Waals surface area contributed by atoms with Crippen molar-refractivity contribution in [3.63, 3.8) is 0 Å². The van der Waals surface area contributed by atoms with E-state index in [0.29, 0.717) is 30.2 Å². The smallest absolute Gasteiger partial charge is 0.240 e. The highest BCUT2D eigenvalue weighted by molar-refractivity contribution is 7.71. The number of rotatable bonds is 8. The fraction of sp³-hybridized carbons (Fsp3) is 0.217. The van der Waals surface area contributed by atoms with Crippen LogP contribution in [-0.2, 0) is 11.3 Å². The first-order valence-electron chi connectivity index (χ1n) is 10.1. The van der Waals surface area contributed by atoms with Crippen LogP contribution in [0.2, 0.25) is 0 Å². The van der Waals surface area contributed by atoms with Gasteiger partial charge in [-0.15, -0.1) is 0 Å². The normalized spacial score (nSPS) is 10.9. The minimum absolute atomic E-state index is 0.104. The Morgan fingerprint density at radius 1 is 1.16 bits per heavy atom. The Bertz CT molecular complexity index is 1240. The largest absolute Gasteiger partial charge is 0.491 e. The summed E-state index contributed by atoms with van der Waals surface area (Å²) in [7, 11) is 0. The third-order valence-corrected chi connectivity index (χ3v) is 5.18. The van der Waals surface area contributed by atoms with Crippen LogP contribution in [0.3, 0.4) is 0 Å². The number of H-pyrrole nitrogens is 1. The molecule has 0 saturated heterocycles. The van der Waals surface area contributed by atoms with Crippen LogP contribution in [0.5, 0.6) is 5.75 Å². The second-order valence-electron chi connectivity index (χ2n) is 7.19. The van der Waals surface area contributed by atoms with Gasteiger partial charge in [-0.1, -0.05) is 48.0 Å². The SMILES string of the molecule is Cc1ccc(-c2n[nH]c(=S)n2CC(=O)NCCCOc2cccc3cccnc23)cc1. The van der Waals surface area contributed by atoms with Crippen molar-refractivity contribution in [1.82, 2.24) is 25.1 Å². The number of ether oxygens (including phenoxy) is 1. The number of benzene rings is 2. The summed E-state index contributed by atoms with van der Waals surface area (Å²) in [5, 5.41) is 11.0. The Hall–Kier alpha value is -3.52. The van der Waals surface area contributed by atoms with E-state index in [1.54, 1.807) is 10.8 Å². The van der Waals surface area contributed by atoms with Crippen molar-refractivity contribution in [2.45, 2.75) is 19.9 Å². The fourth-order valence-electron chi connectivity index (χ4n) is 3.26. The Kier molecular flexibility index (Phi) is 6.37. The zero-order valence-corrected chi connectivity index (χ0v) is 18.0. The molecule has 7 nitrogen and oxygen atoms in total. The van der Waals surface area contributed by atoms with E-state index < -0.39 is 0 Å². The second kappa shape index (κ2) is 9.53. The maximum atomic E-state index is 12.4. The lowest BCUT2D eigenvalue weighted by atomic mass is 10.1. The fourth-order valence-corrected chi connectivity index (χ4v) is 3.46. The van der Waals surface area contributed by atoms with Crippen molar-refractivity contribution in [2.24, 2.45) is 0 Å². The van der Waals surface area contributed by atoms with Crippen molar-refractivity contribution in [3.05, 3.63) is 71.1 Å². The lowest BCUT2D eigenvalue weighted by molar-refractivity contribution is -0.121. The van der Waals surface area contributed by atoms with Gasteiger partial charge in [-0.2, -0.15) is 5.10 Å². The molecule has 0 bridgehead atoms. The standard InChI is InChI=1S/C23H23N5O2S/c1-16-8-10-18(11-9-16)22-26-27-23(31)28(22)15-20(29)24-13-4-14-30-19-7-2-5-17-6-3-12-25-21(17)19/h2-3,5-12H,4,13-15H2,1H3,(H,24,29)(H,27,31). The van der Waals surface area contributed by atoms with Crippen LogP contribution in [0.1, 0.15) is 12.0 Å². The highest BCUT2D eigenvalue weighted by Crippen LogP contribution is 2.23. The van der Waals surface area contributed by atoms with Crippen LogP contribution in [0.15, 0.2) is 60.8 Å². The summed E-state index contributed by atoms with van der Waals surface area (Å²) in [5.41, 5.74) is 2.90. The van der Waals surface area contributed by atoms with Gasteiger partial charge >= 0.3 is 0 Å². The first-order chi connectivity index (χ1) is 15.1. The summed E-state index contributed by atoms with van der Waals surface area (Å²) in [6.07, 6.45) is 2.43. The molecule has 0 saturated carbocycles. The monoisotopic (exact) mass is 433 g/mol. The molecule has 0 unspecified atom stereocenters. The van der Waals surface area contributed by atoms with Gasteiger partial charge in [0.2, 0.25) is 5.91 Å². The molecule has 0 aliphatic rings. The van der Waals surface area contributed by atoms with Crippen LogP contribution < -0.4 is 10.1 Å². The quantitative estimate of drug-likeness (QED) is 0.323. The van der Waals surface area contributed by atoms with Crippen LogP contribution in [0.25, 0.3) is 22.3 Å². The van der Waals surface area contributed by atoms with Crippen LogP contribution >= 0.6 is 12.2 Å². The number of nitrogens with one attached hydrogen (secondary N) is 2. The van der Waals surface area contributed by atoms with E-state index >= 15 is 0 Å². The van der Waals surface area contributed by atoms with Gasteiger partial charge in [0, 0.05) is 23.7 Å². The molecule has 31 heavy (non-hydrogen) atoms. The molecule has 2 N–H and O–H groups in total. The molecule has 0 spiro atoms. The summed E-state index contributed by atoms with van der Waals surface area (Å²) >= 11 is 5.30. The number of aromatic amines is 1. The van der Waals surface area contributed by atoms with Gasteiger partial charge in [0.05, 0.1) is 6.61 Å². The topological polar surface area (TPSA) is 84.8 Å². The third-order valence-electron chi connectivity index (χ3n) is 4.87. The second-order valence-corrected chi connectivity index (χ2v) is 7.57. The van der Waals surface area contributed by atoms with E-state index in [9.17, 15) is 4.79 Å². The van der Waals surface area contributed by atoms with E-state index in [-0.39, 0.29) is 12.5 Å².